The van der Waals surface area contributed by atoms with Crippen LogP contribution in [0.2, 0.25) is 0 Å². The van der Waals surface area contributed by atoms with E-state index in [1.807, 2.05) is 60.8 Å². The van der Waals surface area contributed by atoms with Gasteiger partial charge in [-0.2, -0.15) is 0 Å². The summed E-state index contributed by atoms with van der Waals surface area (Å²) in [6, 6.07) is 54.4. The fourth-order valence-electron chi connectivity index (χ4n) is 7.06. The van der Waals surface area contributed by atoms with Gasteiger partial charge in [0.2, 0.25) is 0 Å². The highest BCUT2D eigenvalue weighted by atomic mass is 16.3. The lowest BCUT2D eigenvalue weighted by Crippen LogP contribution is -2.12. The number of anilines is 3. The van der Waals surface area contributed by atoms with Gasteiger partial charge in [-0.3, -0.25) is 4.90 Å². The van der Waals surface area contributed by atoms with Crippen LogP contribution in [0, 0.1) is 0 Å². The second-order valence-electron chi connectivity index (χ2n) is 12.2. The smallest absolute Gasteiger partial charge is 0.155 e. The topological polar surface area (TPSA) is 55.3 Å². The van der Waals surface area contributed by atoms with Gasteiger partial charge in [0.05, 0.1) is 11.9 Å². The minimum Gasteiger partial charge on any atom is -0.454 e. The Hall–Kier alpha value is -6.72. The molecular formula is C44H27N3O2. The van der Waals surface area contributed by atoms with E-state index in [1.165, 1.54) is 21.9 Å². The van der Waals surface area contributed by atoms with E-state index in [1.54, 1.807) is 0 Å². The molecule has 10 rings (SSSR count). The van der Waals surface area contributed by atoms with E-state index < -0.39 is 0 Å². The van der Waals surface area contributed by atoms with Crippen molar-refractivity contribution < 1.29 is 8.83 Å². The molecule has 5 heteroatoms. The van der Waals surface area contributed by atoms with Crippen molar-refractivity contribution in [3.8, 4) is 22.3 Å². The third-order valence-corrected chi connectivity index (χ3v) is 9.32. The predicted octanol–water partition coefficient (Wildman–Crippen LogP) is 12.2. The summed E-state index contributed by atoms with van der Waals surface area (Å²) in [6.07, 6.45) is 1.90. The molecule has 0 saturated heterocycles. The van der Waals surface area contributed by atoms with Crippen molar-refractivity contribution in [3.63, 3.8) is 0 Å². The van der Waals surface area contributed by atoms with Crippen LogP contribution >= 0.6 is 0 Å². The molecule has 0 fully saturated rings. The second kappa shape index (κ2) is 10.9. The summed E-state index contributed by atoms with van der Waals surface area (Å²) in [6.45, 7) is 0. The van der Waals surface area contributed by atoms with Crippen molar-refractivity contribution in [3.05, 3.63) is 164 Å². The van der Waals surface area contributed by atoms with Gasteiger partial charge in [0.15, 0.2) is 11.2 Å². The van der Waals surface area contributed by atoms with Crippen LogP contribution in [-0.2, 0) is 0 Å². The van der Waals surface area contributed by atoms with E-state index in [-0.39, 0.29) is 0 Å². The summed E-state index contributed by atoms with van der Waals surface area (Å²) < 4.78 is 12.4. The average molecular weight is 630 g/mol. The molecule has 0 aliphatic heterocycles. The maximum Gasteiger partial charge on any atom is 0.155 e. The quantitative estimate of drug-likeness (QED) is 0.190. The maximum atomic E-state index is 6.29. The minimum atomic E-state index is 0.720. The van der Waals surface area contributed by atoms with Crippen LogP contribution in [0.3, 0.4) is 0 Å². The Balaban J connectivity index is 1.17. The van der Waals surface area contributed by atoms with Crippen LogP contribution in [0.25, 0.3) is 77.2 Å². The second-order valence-corrected chi connectivity index (χ2v) is 12.2. The van der Waals surface area contributed by atoms with Gasteiger partial charge >= 0.3 is 0 Å². The molecule has 0 aliphatic rings. The first-order valence-corrected chi connectivity index (χ1v) is 16.3. The number of fused-ring (bicyclic) bond motifs is 7. The first-order chi connectivity index (χ1) is 24.3. The molecule has 0 atom stereocenters. The molecule has 0 spiro atoms. The number of hydrogen-bond acceptors (Lipinski definition) is 5. The van der Waals surface area contributed by atoms with Crippen LogP contribution in [-0.4, -0.2) is 9.97 Å². The fraction of sp³-hybridized carbons (Fsp3) is 0. The first kappa shape index (κ1) is 27.4. The Labute approximate surface area is 281 Å². The van der Waals surface area contributed by atoms with Gasteiger partial charge in [-0.05, 0) is 81.6 Å². The lowest BCUT2D eigenvalue weighted by Gasteiger charge is -2.24. The Morgan fingerprint density at radius 3 is 1.78 bits per heavy atom. The standard InChI is InChI=1S/C44H27N3O2/c1-2-11-28(12-3-1)32-21-22-33(35-16-5-4-15-34(32)35)29-13-10-14-30(25-29)47(31-26-41-43(45-27-31)36-17-6-8-19-38(36)49-41)42-24-23-40-44(46-42)37-18-7-9-20-39(37)48-40/h1-27H. The molecule has 5 nitrogen and oxygen atoms in total. The number of para-hydroxylation sites is 2. The molecule has 0 N–H and O–H groups in total. The van der Waals surface area contributed by atoms with Crippen LogP contribution < -0.4 is 4.90 Å². The number of benzene rings is 6. The van der Waals surface area contributed by atoms with Crippen LogP contribution in [0.5, 0.6) is 0 Å². The molecule has 0 aliphatic carbocycles. The summed E-state index contributed by atoms with van der Waals surface area (Å²) >= 11 is 0. The third-order valence-electron chi connectivity index (χ3n) is 9.32. The molecule has 0 radical (unpaired) electrons. The molecule has 4 aromatic heterocycles. The predicted molar refractivity (Wildman–Crippen MR) is 200 cm³/mol. The summed E-state index contributed by atoms with van der Waals surface area (Å²) in [7, 11) is 0. The van der Waals surface area contributed by atoms with Gasteiger partial charge in [-0.25, -0.2) is 9.97 Å². The lowest BCUT2D eigenvalue weighted by molar-refractivity contribution is 0.667. The summed E-state index contributed by atoms with van der Waals surface area (Å²) in [5.41, 5.74) is 11.2. The molecule has 0 unspecified atom stereocenters. The SMILES string of the molecule is c1ccc(-c2ccc(-c3cccc(N(c4cnc5c(c4)oc4ccccc45)c4ccc5oc6ccccc6c5n4)c3)c3ccccc23)cc1. The fourth-order valence-corrected chi connectivity index (χ4v) is 7.06. The zero-order valence-electron chi connectivity index (χ0n) is 26.2. The Morgan fingerprint density at radius 1 is 0.408 bits per heavy atom. The van der Waals surface area contributed by atoms with E-state index in [9.17, 15) is 0 Å². The van der Waals surface area contributed by atoms with E-state index in [0.717, 1.165) is 72.5 Å². The Bertz CT molecular complexity index is 2850. The van der Waals surface area contributed by atoms with Gasteiger partial charge in [0, 0.05) is 22.5 Å². The van der Waals surface area contributed by atoms with Gasteiger partial charge in [-0.15, -0.1) is 0 Å². The van der Waals surface area contributed by atoms with Crippen molar-refractivity contribution in [1.82, 2.24) is 9.97 Å². The number of pyridine rings is 2. The average Bonchev–Trinajstić information content (AvgIpc) is 3.73. The molecule has 0 amide bonds. The van der Waals surface area contributed by atoms with E-state index in [4.69, 9.17) is 18.8 Å². The molecule has 230 valence electrons. The van der Waals surface area contributed by atoms with Crippen LogP contribution in [0.1, 0.15) is 0 Å². The Kier molecular flexibility index (Phi) is 6.11. The highest BCUT2D eigenvalue weighted by Gasteiger charge is 2.20. The van der Waals surface area contributed by atoms with Gasteiger partial charge in [0.1, 0.15) is 28.0 Å². The highest BCUT2D eigenvalue weighted by molar-refractivity contribution is 6.07. The first-order valence-electron chi connectivity index (χ1n) is 16.3. The van der Waals surface area contributed by atoms with Crippen molar-refractivity contribution in [2.24, 2.45) is 0 Å². The maximum absolute atomic E-state index is 6.29. The normalized spacial score (nSPS) is 11.7. The Morgan fingerprint density at radius 2 is 1.02 bits per heavy atom. The summed E-state index contributed by atoms with van der Waals surface area (Å²) in [5, 5.41) is 4.38. The monoisotopic (exact) mass is 629 g/mol. The van der Waals surface area contributed by atoms with E-state index >= 15 is 0 Å². The number of hydrogen-bond donors (Lipinski definition) is 0. The molecular weight excluding hydrogens is 603 g/mol. The van der Waals surface area contributed by atoms with Crippen molar-refractivity contribution in [1.29, 1.82) is 0 Å². The minimum absolute atomic E-state index is 0.720. The van der Waals surface area contributed by atoms with Crippen LogP contribution in [0.15, 0.2) is 173 Å². The number of furan rings is 2. The zero-order chi connectivity index (χ0) is 32.3. The highest BCUT2D eigenvalue weighted by Crippen LogP contribution is 2.41. The largest absolute Gasteiger partial charge is 0.454 e. The van der Waals surface area contributed by atoms with E-state index in [2.05, 4.69) is 108 Å². The summed E-state index contributed by atoms with van der Waals surface area (Å²) in [4.78, 5) is 12.3. The van der Waals surface area contributed by atoms with Gasteiger partial charge in [-0.1, -0.05) is 103 Å². The molecule has 10 aromatic rings. The number of rotatable bonds is 5. The van der Waals surface area contributed by atoms with E-state index in [0.29, 0.717) is 0 Å². The third kappa shape index (κ3) is 4.48. The lowest BCUT2D eigenvalue weighted by atomic mass is 9.92. The summed E-state index contributed by atoms with van der Waals surface area (Å²) in [5.74, 6) is 0.748. The molecule has 6 aromatic carbocycles. The zero-order valence-corrected chi connectivity index (χ0v) is 26.2. The molecule has 49 heavy (non-hydrogen) atoms. The molecule has 0 bridgehead atoms. The molecule has 0 saturated carbocycles. The van der Waals surface area contributed by atoms with Crippen molar-refractivity contribution in [2.45, 2.75) is 0 Å². The van der Waals surface area contributed by atoms with Crippen molar-refractivity contribution in [2.75, 3.05) is 4.90 Å². The number of aromatic nitrogens is 2. The van der Waals surface area contributed by atoms with Gasteiger partial charge < -0.3 is 8.83 Å². The number of nitrogens with zero attached hydrogens (tertiary/aromatic N) is 3. The van der Waals surface area contributed by atoms with Crippen LogP contribution in [0.4, 0.5) is 17.2 Å². The van der Waals surface area contributed by atoms with Gasteiger partial charge in [0.25, 0.3) is 0 Å². The molecule has 4 heterocycles. The van der Waals surface area contributed by atoms with Crippen molar-refractivity contribution >= 4 is 72.1 Å².